The first kappa shape index (κ1) is 21.0. The third-order valence-electron chi connectivity index (χ3n) is 3.83. The van der Waals surface area contributed by atoms with Crippen LogP contribution < -0.4 is 4.31 Å². The normalized spacial score (nSPS) is 12.2. The van der Waals surface area contributed by atoms with Crippen molar-refractivity contribution in [3.8, 4) is 0 Å². The van der Waals surface area contributed by atoms with Crippen LogP contribution in [0.4, 0.5) is 5.69 Å². The fourth-order valence-corrected chi connectivity index (χ4v) is 6.18. The number of pyridine rings is 1. The van der Waals surface area contributed by atoms with Crippen LogP contribution in [0.3, 0.4) is 0 Å². The molecule has 1 atom stereocenters. The van der Waals surface area contributed by atoms with Crippen molar-refractivity contribution >= 4 is 57.8 Å². The number of hydrogen-bond donors (Lipinski definition) is 0. The summed E-state index contributed by atoms with van der Waals surface area (Å²) in [7, 11) is -6.39. The second-order valence-corrected chi connectivity index (χ2v) is 9.64. The first-order valence-corrected chi connectivity index (χ1v) is 11.8. The molecule has 0 fully saturated rings. The first-order valence-electron chi connectivity index (χ1n) is 8.23. The Hall–Kier alpha value is -1.76. The molecule has 0 saturated heterocycles. The van der Waals surface area contributed by atoms with Gasteiger partial charge in [-0.15, -0.1) is 4.52 Å². The molecular weight excluding hydrogens is 442 g/mol. The minimum atomic E-state index is -4.13. The van der Waals surface area contributed by atoms with E-state index in [9.17, 15) is 13.0 Å². The van der Waals surface area contributed by atoms with Crippen molar-refractivity contribution in [1.29, 1.82) is 0 Å². The molecule has 2 aromatic carbocycles. The molecule has 146 valence electrons. The lowest BCUT2D eigenvalue weighted by Crippen LogP contribution is -2.31. The SMILES string of the molecule is CCO[P+](=O)CN(c1cccc2ncccc12)S(=O)(=O)c1cc(Cl)cc(Cl)c1. The van der Waals surface area contributed by atoms with Crippen molar-refractivity contribution in [3.63, 3.8) is 0 Å². The highest BCUT2D eigenvalue weighted by molar-refractivity contribution is 7.93. The van der Waals surface area contributed by atoms with Crippen LogP contribution in [-0.2, 0) is 19.1 Å². The van der Waals surface area contributed by atoms with Crippen molar-refractivity contribution in [3.05, 3.63) is 64.8 Å². The number of hydrogen-bond acceptors (Lipinski definition) is 5. The van der Waals surface area contributed by atoms with Gasteiger partial charge in [0.05, 0.1) is 22.7 Å². The molecule has 0 bridgehead atoms. The number of benzene rings is 2. The highest BCUT2D eigenvalue weighted by Gasteiger charge is 2.34. The molecule has 3 rings (SSSR count). The van der Waals surface area contributed by atoms with E-state index < -0.39 is 18.1 Å². The van der Waals surface area contributed by atoms with Gasteiger partial charge in [0.2, 0.25) is 0 Å². The van der Waals surface area contributed by atoms with E-state index in [-0.39, 0.29) is 27.8 Å². The van der Waals surface area contributed by atoms with Gasteiger partial charge in [0.15, 0.2) is 0 Å². The molecule has 28 heavy (non-hydrogen) atoms. The third-order valence-corrected chi connectivity index (χ3v) is 7.26. The summed E-state index contributed by atoms with van der Waals surface area (Å²) in [5.74, 6) is 0. The van der Waals surface area contributed by atoms with Gasteiger partial charge < -0.3 is 0 Å². The summed E-state index contributed by atoms with van der Waals surface area (Å²) in [6.07, 6.45) is 1.26. The number of nitrogens with zero attached hydrogens (tertiary/aromatic N) is 2. The Labute approximate surface area is 174 Å². The first-order chi connectivity index (χ1) is 13.3. The number of rotatable bonds is 7. The summed E-state index contributed by atoms with van der Waals surface area (Å²) in [6, 6.07) is 12.6. The fourth-order valence-electron chi connectivity index (χ4n) is 2.68. The maximum atomic E-state index is 13.4. The van der Waals surface area contributed by atoms with Crippen LogP contribution in [0.1, 0.15) is 6.92 Å². The molecule has 0 amide bonds. The maximum absolute atomic E-state index is 13.4. The molecule has 0 radical (unpaired) electrons. The molecule has 0 saturated carbocycles. The van der Waals surface area contributed by atoms with E-state index in [2.05, 4.69) is 4.98 Å². The molecule has 1 heterocycles. The average molecular weight is 458 g/mol. The van der Waals surface area contributed by atoms with Gasteiger partial charge in [-0.1, -0.05) is 29.3 Å². The van der Waals surface area contributed by atoms with Crippen molar-refractivity contribution in [2.45, 2.75) is 11.8 Å². The lowest BCUT2D eigenvalue weighted by atomic mass is 10.2. The standard InChI is InChI=1S/C18H16Cl2N2O4PS/c1-2-26-27(23)12-22(18-7-3-6-17-16(18)5-4-8-21-17)28(24,25)15-10-13(19)9-14(20)11-15/h3-11H,2,12H2,1H3/q+1. The molecule has 1 unspecified atom stereocenters. The molecule has 6 nitrogen and oxygen atoms in total. The van der Waals surface area contributed by atoms with Gasteiger partial charge in [-0.2, -0.15) is 0 Å². The minimum Gasteiger partial charge on any atom is -0.256 e. The van der Waals surface area contributed by atoms with Crippen LogP contribution in [0, 0.1) is 0 Å². The molecule has 0 N–H and O–H groups in total. The Morgan fingerprint density at radius 2 is 1.82 bits per heavy atom. The quantitative estimate of drug-likeness (QED) is 0.439. The molecule has 0 aliphatic rings. The molecular formula is C18H16Cl2N2O4PS+. The summed E-state index contributed by atoms with van der Waals surface area (Å²) in [6.45, 7) is 1.88. The summed E-state index contributed by atoms with van der Waals surface area (Å²) in [5.41, 5.74) is 0.945. The average Bonchev–Trinajstić information content (AvgIpc) is 2.65. The van der Waals surface area contributed by atoms with Gasteiger partial charge in [0, 0.05) is 21.6 Å². The monoisotopic (exact) mass is 457 g/mol. The molecule has 3 aromatic rings. The van der Waals surface area contributed by atoms with Gasteiger partial charge in [-0.05, 0) is 54.0 Å². The van der Waals surface area contributed by atoms with Crippen LogP contribution in [0.2, 0.25) is 10.0 Å². The molecule has 10 heteroatoms. The van der Waals surface area contributed by atoms with Gasteiger partial charge in [0.1, 0.15) is 0 Å². The summed E-state index contributed by atoms with van der Waals surface area (Å²) >= 11 is 12.0. The second-order valence-electron chi connectivity index (χ2n) is 5.70. The van der Waals surface area contributed by atoms with Crippen molar-refractivity contribution in [1.82, 2.24) is 4.98 Å². The molecule has 1 aromatic heterocycles. The van der Waals surface area contributed by atoms with E-state index in [0.717, 1.165) is 4.31 Å². The zero-order valence-corrected chi connectivity index (χ0v) is 18.0. The third kappa shape index (κ3) is 4.45. The Morgan fingerprint density at radius 1 is 1.11 bits per heavy atom. The predicted octanol–water partition coefficient (Wildman–Crippen LogP) is 5.47. The van der Waals surface area contributed by atoms with Crippen LogP contribution >= 0.6 is 31.2 Å². The van der Waals surface area contributed by atoms with Gasteiger partial charge in [-0.25, -0.2) is 12.7 Å². The Kier molecular flexibility index (Phi) is 6.53. The zero-order chi connectivity index (χ0) is 20.3. The van der Waals surface area contributed by atoms with Crippen LogP contribution in [0.5, 0.6) is 0 Å². The van der Waals surface area contributed by atoms with E-state index in [4.69, 9.17) is 27.7 Å². The van der Waals surface area contributed by atoms with Crippen LogP contribution in [-0.4, -0.2) is 26.3 Å². The topological polar surface area (TPSA) is 76.6 Å². The number of anilines is 1. The second kappa shape index (κ2) is 8.72. The summed E-state index contributed by atoms with van der Waals surface area (Å²) in [4.78, 5) is 4.15. The van der Waals surface area contributed by atoms with Crippen molar-refractivity contribution in [2.24, 2.45) is 0 Å². The zero-order valence-electron chi connectivity index (χ0n) is 14.7. The highest BCUT2D eigenvalue weighted by Crippen LogP contribution is 2.36. The number of halogens is 2. The highest BCUT2D eigenvalue weighted by atomic mass is 35.5. The van der Waals surface area contributed by atoms with Crippen LogP contribution in [0.25, 0.3) is 10.9 Å². The maximum Gasteiger partial charge on any atom is 0.531 e. The molecule has 0 spiro atoms. The summed E-state index contributed by atoms with van der Waals surface area (Å²) in [5, 5.41) is 0.959. The number of sulfonamides is 1. The summed E-state index contributed by atoms with van der Waals surface area (Å²) < 4.78 is 45.3. The number of fused-ring (bicyclic) bond motifs is 1. The lowest BCUT2D eigenvalue weighted by Gasteiger charge is -2.21. The fraction of sp³-hybridized carbons (Fsp3) is 0.167. The van der Waals surface area contributed by atoms with Crippen molar-refractivity contribution < 1.29 is 17.5 Å². The smallest absolute Gasteiger partial charge is 0.256 e. The van der Waals surface area contributed by atoms with Crippen molar-refractivity contribution in [2.75, 3.05) is 17.2 Å². The Morgan fingerprint density at radius 3 is 2.50 bits per heavy atom. The van der Waals surface area contributed by atoms with Gasteiger partial charge in [0.25, 0.3) is 16.3 Å². The number of aromatic nitrogens is 1. The van der Waals surface area contributed by atoms with Crippen LogP contribution in [0.15, 0.2) is 59.6 Å². The molecule has 0 aliphatic carbocycles. The van der Waals surface area contributed by atoms with E-state index >= 15 is 0 Å². The predicted molar refractivity (Wildman–Crippen MR) is 112 cm³/mol. The lowest BCUT2D eigenvalue weighted by molar-refractivity contribution is 0.351. The largest absolute Gasteiger partial charge is 0.531 e. The molecule has 0 aliphatic heterocycles. The Bertz CT molecular complexity index is 1120. The Balaban J connectivity index is 2.20. The van der Waals surface area contributed by atoms with Gasteiger partial charge >= 0.3 is 8.03 Å². The minimum absolute atomic E-state index is 0.106. The van der Waals surface area contributed by atoms with E-state index in [1.807, 2.05) is 0 Å². The van der Waals surface area contributed by atoms with Gasteiger partial charge in [-0.3, -0.25) is 4.98 Å². The van der Waals surface area contributed by atoms with E-state index in [1.165, 1.54) is 18.2 Å². The van der Waals surface area contributed by atoms with E-state index in [1.54, 1.807) is 43.5 Å². The van der Waals surface area contributed by atoms with E-state index in [0.29, 0.717) is 16.6 Å².